The van der Waals surface area contributed by atoms with Crippen LogP contribution in [0.4, 0.5) is 0 Å². The Kier molecular flexibility index (Phi) is 2.14. The molecule has 0 aliphatic carbocycles. The minimum Gasteiger partial charge on any atom is -0.463 e. The van der Waals surface area contributed by atoms with Crippen LogP contribution in [0.2, 0.25) is 0 Å². The maximum absolute atomic E-state index is 11.7. The normalized spacial score (nSPS) is 17.1. The number of hydrogen-bond acceptors (Lipinski definition) is 3. The van der Waals surface area contributed by atoms with Gasteiger partial charge in [0.15, 0.2) is 0 Å². The first-order valence-electron chi connectivity index (χ1n) is 4.93. The van der Waals surface area contributed by atoms with Crippen molar-refractivity contribution in [1.82, 2.24) is 5.01 Å². The topological polar surface area (TPSA) is 45.8 Å². The first kappa shape index (κ1) is 9.96. The fraction of sp³-hybridized carbons (Fsp3) is 0.455. The monoisotopic (exact) mass is 206 g/mol. The van der Waals surface area contributed by atoms with Crippen LogP contribution in [0, 0.1) is 0 Å². The van der Waals surface area contributed by atoms with Gasteiger partial charge in [-0.05, 0) is 32.9 Å². The lowest BCUT2D eigenvalue weighted by Gasteiger charge is -2.27. The number of amides is 1. The number of nitrogens with zero attached hydrogens (tertiary/aromatic N) is 2. The van der Waals surface area contributed by atoms with Crippen LogP contribution in [0.25, 0.3) is 0 Å². The molecule has 0 fully saturated rings. The summed E-state index contributed by atoms with van der Waals surface area (Å²) in [5.74, 6) is 0.698. The summed E-state index contributed by atoms with van der Waals surface area (Å²) in [7, 11) is 0. The highest BCUT2D eigenvalue weighted by molar-refractivity contribution is 6.12. The minimum atomic E-state index is -0.272. The molecule has 0 N–H and O–H groups in total. The molecular weight excluding hydrogens is 192 g/mol. The Balaban J connectivity index is 2.29. The van der Waals surface area contributed by atoms with Crippen LogP contribution in [0.3, 0.4) is 0 Å². The molecule has 0 saturated carbocycles. The SMILES string of the molecule is CC(C)(C)N1N=C(c2ccco2)CC1=O. The van der Waals surface area contributed by atoms with E-state index in [2.05, 4.69) is 5.10 Å². The van der Waals surface area contributed by atoms with Crippen molar-refractivity contribution in [3.63, 3.8) is 0 Å². The van der Waals surface area contributed by atoms with Crippen LogP contribution in [0.15, 0.2) is 27.9 Å². The van der Waals surface area contributed by atoms with E-state index < -0.39 is 0 Å². The fourth-order valence-corrected chi connectivity index (χ4v) is 1.53. The van der Waals surface area contributed by atoms with Crippen molar-refractivity contribution in [2.24, 2.45) is 5.10 Å². The highest BCUT2D eigenvalue weighted by atomic mass is 16.3. The van der Waals surface area contributed by atoms with Gasteiger partial charge in [0.25, 0.3) is 0 Å². The van der Waals surface area contributed by atoms with E-state index >= 15 is 0 Å². The summed E-state index contributed by atoms with van der Waals surface area (Å²) < 4.78 is 5.22. The van der Waals surface area contributed by atoms with Crippen LogP contribution in [0.5, 0.6) is 0 Å². The van der Waals surface area contributed by atoms with Gasteiger partial charge in [-0.1, -0.05) is 0 Å². The third-order valence-corrected chi connectivity index (χ3v) is 2.22. The lowest BCUT2D eigenvalue weighted by atomic mass is 10.1. The van der Waals surface area contributed by atoms with Gasteiger partial charge in [0, 0.05) is 0 Å². The molecule has 4 nitrogen and oxygen atoms in total. The van der Waals surface area contributed by atoms with Gasteiger partial charge < -0.3 is 4.42 Å². The number of carbonyl (C=O) groups is 1. The molecule has 80 valence electrons. The van der Waals surface area contributed by atoms with Crippen LogP contribution in [-0.2, 0) is 4.79 Å². The van der Waals surface area contributed by atoms with Gasteiger partial charge in [-0.25, -0.2) is 5.01 Å². The molecule has 2 rings (SSSR count). The maximum Gasteiger partial charge on any atom is 0.249 e. The van der Waals surface area contributed by atoms with Gasteiger partial charge in [0.1, 0.15) is 11.5 Å². The van der Waals surface area contributed by atoms with E-state index in [1.165, 1.54) is 5.01 Å². The largest absolute Gasteiger partial charge is 0.463 e. The first-order valence-corrected chi connectivity index (χ1v) is 4.93. The average Bonchev–Trinajstić information content (AvgIpc) is 2.68. The van der Waals surface area contributed by atoms with Gasteiger partial charge in [-0.15, -0.1) is 0 Å². The molecule has 15 heavy (non-hydrogen) atoms. The Labute approximate surface area is 88.6 Å². The molecule has 0 aromatic carbocycles. The quantitative estimate of drug-likeness (QED) is 0.705. The summed E-state index contributed by atoms with van der Waals surface area (Å²) in [4.78, 5) is 11.7. The number of furan rings is 1. The van der Waals surface area contributed by atoms with Crippen LogP contribution < -0.4 is 0 Å². The van der Waals surface area contributed by atoms with Crippen molar-refractivity contribution < 1.29 is 9.21 Å². The molecular formula is C11H14N2O2. The molecule has 1 aliphatic rings. The van der Waals surface area contributed by atoms with Crippen LogP contribution in [0.1, 0.15) is 33.0 Å². The zero-order valence-electron chi connectivity index (χ0n) is 9.15. The van der Waals surface area contributed by atoms with Gasteiger partial charge in [-0.2, -0.15) is 5.10 Å². The van der Waals surface area contributed by atoms with E-state index in [0.717, 1.165) is 0 Å². The number of rotatable bonds is 1. The summed E-state index contributed by atoms with van der Waals surface area (Å²) in [6, 6.07) is 3.61. The Hall–Kier alpha value is -1.58. The van der Waals surface area contributed by atoms with Crippen molar-refractivity contribution in [2.75, 3.05) is 0 Å². The highest BCUT2D eigenvalue weighted by Crippen LogP contribution is 2.23. The molecule has 0 atom stereocenters. The smallest absolute Gasteiger partial charge is 0.249 e. The molecule has 1 aliphatic heterocycles. The van der Waals surface area contributed by atoms with Crippen molar-refractivity contribution in [3.05, 3.63) is 24.2 Å². The van der Waals surface area contributed by atoms with E-state index in [1.54, 1.807) is 12.3 Å². The van der Waals surface area contributed by atoms with Gasteiger partial charge in [0.2, 0.25) is 5.91 Å². The summed E-state index contributed by atoms with van der Waals surface area (Å²) in [5.41, 5.74) is 0.436. The van der Waals surface area contributed by atoms with E-state index in [9.17, 15) is 4.79 Å². The van der Waals surface area contributed by atoms with E-state index in [-0.39, 0.29) is 11.4 Å². The molecule has 0 unspecified atom stereocenters. The van der Waals surface area contributed by atoms with Crippen molar-refractivity contribution >= 4 is 11.6 Å². The Morgan fingerprint density at radius 2 is 2.20 bits per heavy atom. The second-order valence-electron chi connectivity index (χ2n) is 4.58. The summed E-state index contributed by atoms with van der Waals surface area (Å²) >= 11 is 0. The third-order valence-electron chi connectivity index (χ3n) is 2.22. The number of carbonyl (C=O) groups excluding carboxylic acids is 1. The summed E-state index contributed by atoms with van der Waals surface area (Å²) in [6.45, 7) is 5.87. The Morgan fingerprint density at radius 1 is 1.47 bits per heavy atom. The Morgan fingerprint density at radius 3 is 2.67 bits per heavy atom. The molecule has 1 aromatic rings. The molecule has 2 heterocycles. The molecule has 0 saturated heterocycles. The zero-order chi connectivity index (χ0) is 11.1. The van der Waals surface area contributed by atoms with E-state index in [0.29, 0.717) is 17.9 Å². The van der Waals surface area contributed by atoms with Gasteiger partial charge >= 0.3 is 0 Å². The predicted octanol–water partition coefficient (Wildman–Crippen LogP) is 2.01. The first-order chi connectivity index (χ1) is 6.98. The number of hydrazone groups is 1. The standard InChI is InChI=1S/C11H14N2O2/c1-11(2,3)13-10(14)7-8(12-13)9-5-4-6-15-9/h4-6H,7H2,1-3H3. The predicted molar refractivity (Wildman–Crippen MR) is 56.5 cm³/mol. The molecule has 0 radical (unpaired) electrons. The van der Waals surface area contributed by atoms with Crippen LogP contribution >= 0.6 is 0 Å². The minimum absolute atomic E-state index is 0.0221. The molecule has 1 aromatic heterocycles. The Bertz CT molecular complexity index is 399. The second kappa shape index (κ2) is 3.22. The second-order valence-corrected chi connectivity index (χ2v) is 4.58. The molecule has 1 amide bonds. The molecule has 4 heteroatoms. The zero-order valence-corrected chi connectivity index (χ0v) is 9.15. The molecule has 0 spiro atoms. The lowest BCUT2D eigenvalue weighted by molar-refractivity contribution is -0.133. The van der Waals surface area contributed by atoms with Crippen molar-refractivity contribution in [1.29, 1.82) is 0 Å². The van der Waals surface area contributed by atoms with Crippen LogP contribution in [-0.4, -0.2) is 22.2 Å². The van der Waals surface area contributed by atoms with E-state index in [4.69, 9.17) is 4.42 Å². The number of hydrogen-bond donors (Lipinski definition) is 0. The molecule has 0 bridgehead atoms. The summed E-state index contributed by atoms with van der Waals surface area (Å²) in [5, 5.41) is 5.81. The lowest BCUT2D eigenvalue weighted by Crippen LogP contribution is -2.38. The average molecular weight is 206 g/mol. The third kappa shape index (κ3) is 1.79. The highest BCUT2D eigenvalue weighted by Gasteiger charge is 2.33. The van der Waals surface area contributed by atoms with Gasteiger partial charge in [0.05, 0.1) is 18.2 Å². The van der Waals surface area contributed by atoms with E-state index in [1.807, 2.05) is 26.8 Å². The maximum atomic E-state index is 11.7. The van der Waals surface area contributed by atoms with Crippen molar-refractivity contribution in [2.45, 2.75) is 32.7 Å². The fourth-order valence-electron chi connectivity index (χ4n) is 1.53. The van der Waals surface area contributed by atoms with Crippen molar-refractivity contribution in [3.8, 4) is 0 Å². The summed E-state index contributed by atoms with van der Waals surface area (Å²) in [6.07, 6.45) is 1.91. The van der Waals surface area contributed by atoms with Gasteiger partial charge in [-0.3, -0.25) is 4.79 Å².